The summed E-state index contributed by atoms with van der Waals surface area (Å²) in [6.45, 7) is 1.63. The Bertz CT molecular complexity index is 458. The lowest BCUT2D eigenvalue weighted by Crippen LogP contribution is -2.22. The second kappa shape index (κ2) is 5.81. The summed E-state index contributed by atoms with van der Waals surface area (Å²) in [6.07, 6.45) is -4.87. The van der Waals surface area contributed by atoms with E-state index in [1.165, 1.54) is 17.0 Å². The first-order chi connectivity index (χ1) is 8.76. The van der Waals surface area contributed by atoms with Gasteiger partial charge >= 0.3 is 12.3 Å². The smallest absolute Gasteiger partial charge is 0.462 e. The minimum atomic E-state index is -4.87. The molecule has 0 spiro atoms. The lowest BCUT2D eigenvalue weighted by atomic mass is 10.1. The number of hydrogen-bond donors (Lipinski definition) is 0. The predicted molar refractivity (Wildman–Crippen MR) is 63.4 cm³/mol. The van der Waals surface area contributed by atoms with E-state index in [1.54, 1.807) is 21.0 Å². The second-order valence-corrected chi connectivity index (χ2v) is 3.81. The zero-order chi connectivity index (χ0) is 14.6. The van der Waals surface area contributed by atoms with Crippen LogP contribution in [0.5, 0.6) is 5.75 Å². The Morgan fingerprint density at radius 1 is 1.32 bits per heavy atom. The largest absolute Gasteiger partial charge is 0.573 e. The van der Waals surface area contributed by atoms with Crippen molar-refractivity contribution in [2.45, 2.75) is 13.3 Å². The third kappa shape index (κ3) is 4.04. The number of halogens is 3. The highest BCUT2D eigenvalue weighted by molar-refractivity contribution is 5.98. The van der Waals surface area contributed by atoms with Crippen LogP contribution in [-0.4, -0.2) is 33.0 Å². The molecule has 0 aromatic heterocycles. The fraction of sp³-hybridized carbons (Fsp3) is 0.417. The van der Waals surface area contributed by atoms with Crippen LogP contribution in [0.1, 0.15) is 17.3 Å². The lowest BCUT2D eigenvalue weighted by Gasteiger charge is -2.20. The van der Waals surface area contributed by atoms with Crippen LogP contribution < -0.4 is 9.64 Å². The van der Waals surface area contributed by atoms with Crippen molar-refractivity contribution in [1.29, 1.82) is 0 Å². The summed E-state index contributed by atoms with van der Waals surface area (Å²) < 4.78 is 45.6. The molecule has 0 atom stereocenters. The maximum atomic E-state index is 12.3. The van der Waals surface area contributed by atoms with Crippen LogP contribution in [0.3, 0.4) is 0 Å². The van der Waals surface area contributed by atoms with Gasteiger partial charge in [0.1, 0.15) is 11.3 Å². The van der Waals surface area contributed by atoms with Gasteiger partial charge in [-0.2, -0.15) is 0 Å². The Labute approximate surface area is 108 Å². The van der Waals surface area contributed by atoms with E-state index in [2.05, 4.69) is 4.74 Å². The van der Waals surface area contributed by atoms with Crippen LogP contribution in [0, 0.1) is 0 Å². The van der Waals surface area contributed by atoms with Gasteiger partial charge < -0.3 is 14.4 Å². The van der Waals surface area contributed by atoms with Crippen LogP contribution in [0.2, 0.25) is 0 Å². The summed E-state index contributed by atoms with van der Waals surface area (Å²) in [5, 5.41) is 0. The van der Waals surface area contributed by atoms with Gasteiger partial charge in [-0.05, 0) is 19.1 Å². The number of benzene rings is 1. The fourth-order valence-electron chi connectivity index (χ4n) is 1.51. The summed E-state index contributed by atoms with van der Waals surface area (Å²) in [7, 11) is 3.21. The maximum Gasteiger partial charge on any atom is 0.573 e. The van der Waals surface area contributed by atoms with E-state index in [1.807, 2.05) is 0 Å². The molecule has 0 heterocycles. The summed E-state index contributed by atoms with van der Waals surface area (Å²) in [5.41, 5.74) is 0.0480. The molecule has 0 saturated heterocycles. The Morgan fingerprint density at radius 3 is 2.42 bits per heavy atom. The molecule has 19 heavy (non-hydrogen) atoms. The van der Waals surface area contributed by atoms with Crippen LogP contribution in [-0.2, 0) is 4.74 Å². The van der Waals surface area contributed by atoms with Crippen LogP contribution in [0.4, 0.5) is 18.9 Å². The molecule has 0 unspecified atom stereocenters. The van der Waals surface area contributed by atoms with Crippen molar-refractivity contribution in [3.05, 3.63) is 23.8 Å². The van der Waals surface area contributed by atoms with Crippen LogP contribution in [0.15, 0.2) is 18.2 Å². The predicted octanol–water partition coefficient (Wildman–Crippen LogP) is 2.83. The minimum absolute atomic E-state index is 0.0616. The summed E-state index contributed by atoms with van der Waals surface area (Å²) in [6, 6.07) is 3.96. The third-order valence-corrected chi connectivity index (χ3v) is 2.19. The molecule has 0 saturated carbocycles. The number of carbonyl (C=O) groups is 1. The van der Waals surface area contributed by atoms with Gasteiger partial charge in [-0.15, -0.1) is 13.2 Å². The first-order valence-electron chi connectivity index (χ1n) is 5.49. The van der Waals surface area contributed by atoms with Gasteiger partial charge in [0.25, 0.3) is 0 Å². The Balaban J connectivity index is 3.30. The molecule has 0 aliphatic rings. The van der Waals surface area contributed by atoms with E-state index in [9.17, 15) is 18.0 Å². The van der Waals surface area contributed by atoms with E-state index in [0.29, 0.717) is 5.69 Å². The number of rotatable bonds is 4. The van der Waals surface area contributed by atoms with Crippen molar-refractivity contribution in [3.63, 3.8) is 0 Å². The highest BCUT2D eigenvalue weighted by atomic mass is 19.4. The first-order valence-corrected chi connectivity index (χ1v) is 5.49. The quantitative estimate of drug-likeness (QED) is 0.793. The van der Waals surface area contributed by atoms with Crippen molar-refractivity contribution in [2.24, 2.45) is 0 Å². The monoisotopic (exact) mass is 277 g/mol. The van der Waals surface area contributed by atoms with Crippen molar-refractivity contribution in [2.75, 3.05) is 25.6 Å². The van der Waals surface area contributed by atoms with Gasteiger partial charge in [0.15, 0.2) is 0 Å². The molecule has 4 nitrogen and oxygen atoms in total. The molecule has 0 aliphatic carbocycles. The average Bonchev–Trinajstić information content (AvgIpc) is 2.26. The van der Waals surface area contributed by atoms with Crippen molar-refractivity contribution in [3.8, 4) is 5.75 Å². The molecule has 106 valence electrons. The lowest BCUT2D eigenvalue weighted by molar-refractivity contribution is -0.274. The van der Waals surface area contributed by atoms with E-state index < -0.39 is 18.1 Å². The van der Waals surface area contributed by atoms with Crippen molar-refractivity contribution < 1.29 is 27.4 Å². The molecule has 1 rings (SSSR count). The third-order valence-electron chi connectivity index (χ3n) is 2.19. The molecule has 0 fully saturated rings. The van der Waals surface area contributed by atoms with Gasteiger partial charge in [-0.1, -0.05) is 6.07 Å². The molecule has 7 heteroatoms. The van der Waals surface area contributed by atoms with Crippen molar-refractivity contribution in [1.82, 2.24) is 0 Å². The summed E-state index contributed by atoms with van der Waals surface area (Å²) >= 11 is 0. The van der Waals surface area contributed by atoms with Crippen LogP contribution >= 0.6 is 0 Å². The van der Waals surface area contributed by atoms with Crippen LogP contribution in [0.25, 0.3) is 0 Å². The standard InChI is InChI=1S/C12H14F3NO3/c1-4-18-11(17)10-8(16(2)3)6-5-7-9(10)19-12(13,14)15/h5-7H,4H2,1-3H3. The number of esters is 1. The number of anilines is 1. The topological polar surface area (TPSA) is 38.8 Å². The molecule has 0 bridgehead atoms. The highest BCUT2D eigenvalue weighted by Gasteiger charge is 2.34. The van der Waals surface area contributed by atoms with Gasteiger partial charge in [-0.25, -0.2) is 4.79 Å². The average molecular weight is 277 g/mol. The molecule has 0 radical (unpaired) electrons. The highest BCUT2D eigenvalue weighted by Crippen LogP contribution is 2.33. The zero-order valence-corrected chi connectivity index (χ0v) is 10.7. The molecule has 0 amide bonds. The SMILES string of the molecule is CCOC(=O)c1c(OC(F)(F)F)cccc1N(C)C. The van der Waals surface area contributed by atoms with E-state index in [0.717, 1.165) is 6.07 Å². The molecule has 0 aliphatic heterocycles. The number of carbonyl (C=O) groups excluding carboxylic acids is 1. The first kappa shape index (κ1) is 15.1. The van der Waals surface area contributed by atoms with Crippen molar-refractivity contribution >= 4 is 11.7 Å². The number of ether oxygens (including phenoxy) is 2. The minimum Gasteiger partial charge on any atom is -0.462 e. The summed E-state index contributed by atoms with van der Waals surface area (Å²) in [4.78, 5) is 13.3. The molecule has 1 aromatic rings. The number of hydrogen-bond acceptors (Lipinski definition) is 4. The molecular formula is C12H14F3NO3. The van der Waals surface area contributed by atoms with Gasteiger partial charge in [0.2, 0.25) is 0 Å². The van der Waals surface area contributed by atoms with Gasteiger partial charge in [0, 0.05) is 14.1 Å². The number of alkyl halides is 3. The van der Waals surface area contributed by atoms with E-state index in [4.69, 9.17) is 4.74 Å². The van der Waals surface area contributed by atoms with E-state index in [-0.39, 0.29) is 12.2 Å². The molecular weight excluding hydrogens is 263 g/mol. The number of nitrogens with zero attached hydrogens (tertiary/aromatic N) is 1. The molecule has 0 N–H and O–H groups in total. The normalized spacial score (nSPS) is 11.1. The maximum absolute atomic E-state index is 12.3. The molecule has 1 aromatic carbocycles. The van der Waals surface area contributed by atoms with Gasteiger partial charge in [0.05, 0.1) is 12.3 Å². The zero-order valence-electron chi connectivity index (χ0n) is 10.7. The Kier molecular flexibility index (Phi) is 4.63. The van der Waals surface area contributed by atoms with E-state index >= 15 is 0 Å². The summed E-state index contributed by atoms with van der Waals surface area (Å²) in [5.74, 6) is -1.43. The van der Waals surface area contributed by atoms with Gasteiger partial charge in [-0.3, -0.25) is 0 Å². The Hall–Kier alpha value is -1.92. The fourth-order valence-corrected chi connectivity index (χ4v) is 1.51. The second-order valence-electron chi connectivity index (χ2n) is 3.81. The Morgan fingerprint density at radius 2 is 1.95 bits per heavy atom.